The number of halogens is 1. The van der Waals surface area contributed by atoms with Crippen molar-refractivity contribution in [3.05, 3.63) is 46.6 Å². The van der Waals surface area contributed by atoms with Crippen LogP contribution in [0.3, 0.4) is 0 Å². The summed E-state index contributed by atoms with van der Waals surface area (Å²) < 4.78 is 5.45. The van der Waals surface area contributed by atoms with Gasteiger partial charge in [0.15, 0.2) is 0 Å². The van der Waals surface area contributed by atoms with Crippen LogP contribution >= 0.6 is 11.6 Å². The predicted octanol–water partition coefficient (Wildman–Crippen LogP) is 3.41. The number of amides is 1. The number of hydrogen-bond acceptors (Lipinski definition) is 6. The van der Waals surface area contributed by atoms with E-state index in [0.29, 0.717) is 23.4 Å². The third-order valence-corrected chi connectivity index (χ3v) is 6.89. The second kappa shape index (κ2) is 10.2. The molecule has 32 heavy (non-hydrogen) atoms. The van der Waals surface area contributed by atoms with Crippen molar-refractivity contribution < 1.29 is 14.6 Å². The molecule has 0 unspecified atom stereocenters. The highest BCUT2D eigenvalue weighted by molar-refractivity contribution is 6.33. The second-order valence-electron chi connectivity index (χ2n) is 8.70. The molecule has 1 aliphatic heterocycles. The van der Waals surface area contributed by atoms with Gasteiger partial charge in [0.1, 0.15) is 5.82 Å². The van der Waals surface area contributed by atoms with Gasteiger partial charge < -0.3 is 20.9 Å². The molecule has 2 aliphatic rings. The van der Waals surface area contributed by atoms with Gasteiger partial charge in [0.25, 0.3) is 5.91 Å². The molecule has 2 aromatic rings. The minimum atomic E-state index is -0.269. The summed E-state index contributed by atoms with van der Waals surface area (Å²) in [5, 5.41) is 13.3. The van der Waals surface area contributed by atoms with E-state index in [9.17, 15) is 9.90 Å². The summed E-state index contributed by atoms with van der Waals surface area (Å²) in [5.41, 5.74) is 9.06. The normalized spacial score (nSPS) is 23.0. The van der Waals surface area contributed by atoms with Crippen molar-refractivity contribution in [2.75, 3.05) is 32.0 Å². The molecule has 0 bridgehead atoms. The first-order chi connectivity index (χ1) is 15.4. The van der Waals surface area contributed by atoms with E-state index < -0.39 is 0 Å². The molecule has 4 N–H and O–H groups in total. The van der Waals surface area contributed by atoms with Crippen LogP contribution in [0.1, 0.15) is 54.6 Å². The first-order valence-electron chi connectivity index (χ1n) is 11.3. The number of pyridine rings is 1. The van der Waals surface area contributed by atoms with Crippen LogP contribution < -0.4 is 11.1 Å². The molecule has 2 heterocycles. The molecule has 172 valence electrons. The van der Waals surface area contributed by atoms with E-state index in [0.717, 1.165) is 55.8 Å². The van der Waals surface area contributed by atoms with Gasteiger partial charge in [0.2, 0.25) is 0 Å². The lowest BCUT2D eigenvalue weighted by atomic mass is 9.93. The van der Waals surface area contributed by atoms with Crippen LogP contribution in [0, 0.1) is 0 Å². The van der Waals surface area contributed by atoms with Crippen molar-refractivity contribution in [2.45, 2.75) is 50.8 Å². The summed E-state index contributed by atoms with van der Waals surface area (Å²) in [5.74, 6) is -0.0531. The molecule has 2 fully saturated rings. The number of carbonyl (C=O) groups is 1. The lowest BCUT2D eigenvalue weighted by Crippen LogP contribution is -2.38. The third-order valence-electron chi connectivity index (χ3n) is 6.58. The van der Waals surface area contributed by atoms with Crippen molar-refractivity contribution in [3.8, 4) is 11.1 Å². The number of nitrogens with zero attached hydrogens (tertiary/aromatic N) is 2. The van der Waals surface area contributed by atoms with Gasteiger partial charge in [0.05, 0.1) is 24.9 Å². The van der Waals surface area contributed by atoms with Crippen molar-refractivity contribution in [1.82, 2.24) is 15.2 Å². The van der Waals surface area contributed by atoms with Crippen LogP contribution in [0.2, 0.25) is 5.02 Å². The minimum absolute atomic E-state index is 0.0403. The van der Waals surface area contributed by atoms with Crippen LogP contribution in [0.5, 0.6) is 0 Å². The molecular formula is C24H31ClN4O3. The van der Waals surface area contributed by atoms with Crippen molar-refractivity contribution in [3.63, 3.8) is 0 Å². The molecule has 8 heteroatoms. The Bertz CT molecular complexity index is 956. The van der Waals surface area contributed by atoms with Crippen LogP contribution in [0.4, 0.5) is 5.82 Å². The topological polar surface area (TPSA) is 101 Å². The van der Waals surface area contributed by atoms with Gasteiger partial charge in [-0.3, -0.25) is 9.69 Å². The highest BCUT2D eigenvalue weighted by Crippen LogP contribution is 2.33. The molecule has 1 amide bonds. The molecule has 0 spiro atoms. The Morgan fingerprint density at radius 2 is 1.97 bits per heavy atom. The number of benzene rings is 1. The molecule has 4 rings (SSSR count). The van der Waals surface area contributed by atoms with E-state index in [4.69, 9.17) is 22.1 Å². The number of nitrogen functional groups attached to an aromatic ring is 1. The largest absolute Gasteiger partial charge is 0.393 e. The van der Waals surface area contributed by atoms with E-state index >= 15 is 0 Å². The zero-order chi connectivity index (χ0) is 22.7. The summed E-state index contributed by atoms with van der Waals surface area (Å²) in [4.78, 5) is 19.5. The fourth-order valence-electron chi connectivity index (χ4n) is 4.49. The SMILES string of the molecule is C[C@H](c1ccc(-c2cnc(N)c(C(=O)N[C@H]3CC[C@H](O)CC3)c2)c(Cl)c1)N1CCOCC1. The number of morpholine rings is 1. The van der Waals surface area contributed by atoms with Crippen molar-refractivity contribution >= 4 is 23.3 Å². The van der Waals surface area contributed by atoms with E-state index in [-0.39, 0.29) is 29.9 Å². The number of nitrogens with one attached hydrogen (secondary N) is 1. The van der Waals surface area contributed by atoms with Crippen molar-refractivity contribution in [2.24, 2.45) is 0 Å². The highest BCUT2D eigenvalue weighted by atomic mass is 35.5. The molecule has 1 saturated heterocycles. The number of nitrogens with two attached hydrogens (primary N) is 1. The monoisotopic (exact) mass is 458 g/mol. The highest BCUT2D eigenvalue weighted by Gasteiger charge is 2.23. The van der Waals surface area contributed by atoms with E-state index in [2.05, 4.69) is 28.2 Å². The Labute approximate surface area is 193 Å². The lowest BCUT2D eigenvalue weighted by Gasteiger charge is -2.32. The molecule has 1 saturated carbocycles. The number of carbonyl (C=O) groups excluding carboxylic acids is 1. The zero-order valence-electron chi connectivity index (χ0n) is 18.4. The van der Waals surface area contributed by atoms with E-state index in [1.54, 1.807) is 12.3 Å². The second-order valence-corrected chi connectivity index (χ2v) is 9.11. The number of aliphatic hydroxyl groups is 1. The standard InChI is InChI=1S/C24H31ClN4O3/c1-15(29-8-10-32-11-9-29)16-2-7-20(22(25)13-16)17-12-21(23(26)27-14-17)24(31)28-18-3-5-19(30)6-4-18/h2,7,12-15,18-19,30H,3-6,8-11H2,1H3,(H2,26,27)(H,28,31)/t15-,18-,19-/m1/s1. The van der Waals surface area contributed by atoms with Gasteiger partial charge >= 0.3 is 0 Å². The molecule has 0 radical (unpaired) electrons. The molecule has 1 aromatic carbocycles. The van der Waals surface area contributed by atoms with Gasteiger partial charge in [-0.05, 0) is 50.3 Å². The Balaban J connectivity index is 1.51. The fraction of sp³-hybridized carbons (Fsp3) is 0.500. The van der Waals surface area contributed by atoms with Crippen LogP contribution in [0.25, 0.3) is 11.1 Å². The summed E-state index contributed by atoms with van der Waals surface area (Å²) in [7, 11) is 0. The zero-order valence-corrected chi connectivity index (χ0v) is 19.1. The Kier molecular flexibility index (Phi) is 7.30. The van der Waals surface area contributed by atoms with Crippen molar-refractivity contribution in [1.29, 1.82) is 0 Å². The fourth-order valence-corrected chi connectivity index (χ4v) is 4.79. The molecule has 7 nitrogen and oxygen atoms in total. The molecule has 1 atom stereocenters. The van der Waals surface area contributed by atoms with Gasteiger partial charge in [-0.25, -0.2) is 4.98 Å². The van der Waals surface area contributed by atoms with Gasteiger partial charge in [-0.15, -0.1) is 0 Å². The molecule has 1 aliphatic carbocycles. The van der Waals surface area contributed by atoms with Crippen LogP contribution in [-0.2, 0) is 4.74 Å². The Morgan fingerprint density at radius 1 is 1.25 bits per heavy atom. The van der Waals surface area contributed by atoms with Gasteiger partial charge in [-0.1, -0.05) is 23.7 Å². The Morgan fingerprint density at radius 3 is 2.66 bits per heavy atom. The maximum absolute atomic E-state index is 12.9. The average molecular weight is 459 g/mol. The summed E-state index contributed by atoms with van der Waals surface area (Å²) >= 11 is 6.66. The minimum Gasteiger partial charge on any atom is -0.393 e. The summed E-state index contributed by atoms with van der Waals surface area (Å²) in [6.45, 7) is 5.48. The third kappa shape index (κ3) is 5.23. The summed E-state index contributed by atoms with van der Waals surface area (Å²) in [6, 6.07) is 8.07. The number of aromatic nitrogens is 1. The van der Waals surface area contributed by atoms with Crippen LogP contribution in [-0.4, -0.2) is 59.3 Å². The molecular weight excluding hydrogens is 428 g/mol. The maximum Gasteiger partial charge on any atom is 0.255 e. The maximum atomic E-state index is 12.9. The van der Waals surface area contributed by atoms with E-state index in [1.165, 1.54) is 0 Å². The number of anilines is 1. The quantitative estimate of drug-likeness (QED) is 0.634. The molecule has 1 aromatic heterocycles. The number of hydrogen-bond donors (Lipinski definition) is 3. The van der Waals surface area contributed by atoms with E-state index in [1.807, 2.05) is 12.1 Å². The average Bonchev–Trinajstić information content (AvgIpc) is 2.81. The lowest BCUT2D eigenvalue weighted by molar-refractivity contribution is 0.0198. The van der Waals surface area contributed by atoms with Gasteiger partial charge in [0, 0.05) is 47.5 Å². The number of aliphatic hydroxyl groups excluding tert-OH is 1. The predicted molar refractivity (Wildman–Crippen MR) is 126 cm³/mol. The van der Waals surface area contributed by atoms with Gasteiger partial charge in [-0.2, -0.15) is 0 Å². The number of ether oxygens (including phenoxy) is 1. The smallest absolute Gasteiger partial charge is 0.255 e. The van der Waals surface area contributed by atoms with Crippen LogP contribution in [0.15, 0.2) is 30.5 Å². The Hall–Kier alpha value is -2.19. The number of rotatable bonds is 5. The first kappa shape index (κ1) is 23.0. The first-order valence-corrected chi connectivity index (χ1v) is 11.7. The summed E-state index contributed by atoms with van der Waals surface area (Å²) in [6.07, 6.45) is 4.29.